The van der Waals surface area contributed by atoms with Crippen molar-refractivity contribution >= 4 is 43.9 Å². The number of fused-ring (bicyclic) bond motifs is 1. The van der Waals surface area contributed by atoms with E-state index in [1.54, 1.807) is 14.2 Å². The Labute approximate surface area is 183 Å². The van der Waals surface area contributed by atoms with Gasteiger partial charge in [-0.3, -0.25) is 15.0 Å². The second-order valence-corrected chi connectivity index (χ2v) is 9.11. The maximum absolute atomic E-state index is 13.0. The third-order valence-electron chi connectivity index (χ3n) is 5.08. The van der Waals surface area contributed by atoms with Crippen LogP contribution in [0.5, 0.6) is 5.88 Å². The Bertz CT molecular complexity index is 1040. The molecule has 0 spiro atoms. The van der Waals surface area contributed by atoms with Crippen LogP contribution in [0.15, 0.2) is 5.38 Å². The lowest BCUT2D eigenvalue weighted by atomic mass is 10.1. The van der Waals surface area contributed by atoms with Crippen LogP contribution < -0.4 is 10.1 Å². The number of amides is 1. The fourth-order valence-corrected chi connectivity index (χ4v) is 5.42. The summed E-state index contributed by atoms with van der Waals surface area (Å²) in [6.07, 6.45) is 3.81. The van der Waals surface area contributed by atoms with Crippen molar-refractivity contribution in [2.75, 3.05) is 32.6 Å². The van der Waals surface area contributed by atoms with E-state index < -0.39 is 0 Å². The summed E-state index contributed by atoms with van der Waals surface area (Å²) in [6.45, 7) is 5.24. The van der Waals surface area contributed by atoms with Crippen molar-refractivity contribution in [2.24, 2.45) is 0 Å². The maximum Gasteiger partial charge on any atom is 0.267 e. The van der Waals surface area contributed by atoms with Gasteiger partial charge in [-0.15, -0.1) is 22.7 Å². The quantitative estimate of drug-likeness (QED) is 0.588. The highest BCUT2D eigenvalue weighted by atomic mass is 32.1. The van der Waals surface area contributed by atoms with Gasteiger partial charge in [-0.25, -0.2) is 9.97 Å². The summed E-state index contributed by atoms with van der Waals surface area (Å²) in [5, 5.41) is 6.34. The van der Waals surface area contributed by atoms with Crippen molar-refractivity contribution in [3.05, 3.63) is 27.3 Å². The van der Waals surface area contributed by atoms with Crippen LogP contribution >= 0.6 is 22.7 Å². The first kappa shape index (κ1) is 21.1. The van der Waals surface area contributed by atoms with Gasteiger partial charge in [-0.2, -0.15) is 4.98 Å². The van der Waals surface area contributed by atoms with Crippen LogP contribution in [0.2, 0.25) is 0 Å². The Morgan fingerprint density at radius 3 is 2.73 bits per heavy atom. The molecule has 1 N–H and O–H groups in total. The molecule has 0 aliphatic carbocycles. The molecule has 8 nitrogen and oxygen atoms in total. The van der Waals surface area contributed by atoms with Gasteiger partial charge < -0.3 is 9.47 Å². The smallest absolute Gasteiger partial charge is 0.267 e. The summed E-state index contributed by atoms with van der Waals surface area (Å²) in [5.74, 6) is 0.792. The maximum atomic E-state index is 13.0. The molecule has 1 fully saturated rings. The van der Waals surface area contributed by atoms with Crippen LogP contribution in [0.1, 0.15) is 46.0 Å². The molecular weight excluding hydrogens is 422 g/mol. The van der Waals surface area contributed by atoms with Gasteiger partial charge in [0.2, 0.25) is 5.88 Å². The topological polar surface area (TPSA) is 89.5 Å². The number of carbonyl (C=O) groups is 1. The van der Waals surface area contributed by atoms with Crippen molar-refractivity contribution in [1.82, 2.24) is 19.9 Å². The number of ether oxygens (including phenoxy) is 2. The number of aromatic nitrogens is 3. The lowest BCUT2D eigenvalue weighted by Crippen LogP contribution is -2.29. The first-order valence-electron chi connectivity index (χ1n) is 9.90. The molecule has 10 heteroatoms. The summed E-state index contributed by atoms with van der Waals surface area (Å²) < 4.78 is 10.6. The Balaban J connectivity index is 1.52. The number of methoxy groups -OCH3 is 2. The molecule has 0 aromatic carbocycles. The minimum atomic E-state index is -0.190. The molecule has 1 aliphatic heterocycles. The zero-order chi connectivity index (χ0) is 21.1. The molecule has 0 saturated carbocycles. The van der Waals surface area contributed by atoms with E-state index in [9.17, 15) is 4.79 Å². The minimum absolute atomic E-state index is 0.190. The SMILES string of the molecule is COCc1nc(OC)c2c(C)c(C(=O)Nc3nc(CN4CCCCC4)cs3)sc2n1. The highest BCUT2D eigenvalue weighted by Gasteiger charge is 2.22. The molecule has 1 saturated heterocycles. The molecule has 4 heterocycles. The normalized spacial score (nSPS) is 14.9. The third-order valence-corrected chi connectivity index (χ3v) is 7.07. The van der Waals surface area contributed by atoms with Crippen molar-refractivity contribution in [3.63, 3.8) is 0 Å². The highest BCUT2D eigenvalue weighted by molar-refractivity contribution is 7.21. The number of thiophene rings is 1. The number of anilines is 1. The number of nitrogens with one attached hydrogen (secondary N) is 1. The predicted octanol–water partition coefficient (Wildman–Crippen LogP) is 3.85. The Kier molecular flexibility index (Phi) is 6.57. The molecule has 30 heavy (non-hydrogen) atoms. The van der Waals surface area contributed by atoms with Gasteiger partial charge in [0.05, 0.1) is 23.1 Å². The van der Waals surface area contributed by atoms with Gasteiger partial charge >= 0.3 is 0 Å². The van der Waals surface area contributed by atoms with E-state index in [2.05, 4.69) is 25.2 Å². The van der Waals surface area contributed by atoms with Crippen LogP contribution in [-0.4, -0.2) is 53.1 Å². The number of thiazole rings is 1. The van der Waals surface area contributed by atoms with Crippen molar-refractivity contribution in [3.8, 4) is 5.88 Å². The lowest BCUT2D eigenvalue weighted by molar-refractivity contribution is 0.103. The number of carbonyl (C=O) groups excluding carboxylic acids is 1. The number of piperidine rings is 1. The molecule has 0 unspecified atom stereocenters. The lowest BCUT2D eigenvalue weighted by Gasteiger charge is -2.25. The second kappa shape index (κ2) is 9.34. The Hall–Kier alpha value is -2.14. The molecule has 1 aliphatic rings. The number of hydrogen-bond donors (Lipinski definition) is 1. The molecule has 4 rings (SSSR count). The predicted molar refractivity (Wildman–Crippen MR) is 119 cm³/mol. The van der Waals surface area contributed by atoms with E-state index in [1.165, 1.54) is 41.9 Å². The molecule has 1 amide bonds. The third kappa shape index (κ3) is 4.46. The average molecular weight is 448 g/mol. The standard InChI is InChI=1S/C20H25N5O3S2/c1-12-15-18(28-3)22-14(10-27-2)23-19(15)30-16(12)17(26)24-20-21-13(11-29-20)9-25-7-5-4-6-8-25/h11H,4-10H2,1-3H3,(H,21,24,26). The van der Waals surface area contributed by atoms with Crippen molar-refractivity contribution in [1.29, 1.82) is 0 Å². The van der Waals surface area contributed by atoms with Crippen LogP contribution in [0.4, 0.5) is 5.13 Å². The van der Waals surface area contributed by atoms with Crippen molar-refractivity contribution in [2.45, 2.75) is 39.3 Å². The van der Waals surface area contributed by atoms with E-state index in [-0.39, 0.29) is 12.5 Å². The zero-order valence-electron chi connectivity index (χ0n) is 17.4. The first-order chi connectivity index (χ1) is 14.6. The van der Waals surface area contributed by atoms with E-state index in [0.29, 0.717) is 26.5 Å². The summed E-state index contributed by atoms with van der Waals surface area (Å²) in [5.41, 5.74) is 1.81. The molecule has 160 valence electrons. The van der Waals surface area contributed by atoms with Gasteiger partial charge in [0.1, 0.15) is 11.4 Å². The zero-order valence-corrected chi connectivity index (χ0v) is 19.0. The first-order valence-corrected chi connectivity index (χ1v) is 11.6. The Morgan fingerprint density at radius 2 is 2.00 bits per heavy atom. The largest absolute Gasteiger partial charge is 0.480 e. The van der Waals surface area contributed by atoms with E-state index in [0.717, 1.165) is 36.3 Å². The summed E-state index contributed by atoms with van der Waals surface area (Å²) >= 11 is 2.78. The average Bonchev–Trinajstić information content (AvgIpc) is 3.32. The van der Waals surface area contributed by atoms with Crippen molar-refractivity contribution < 1.29 is 14.3 Å². The van der Waals surface area contributed by atoms with Crippen LogP contribution in [0.3, 0.4) is 0 Å². The number of likely N-dealkylation sites (tertiary alicyclic amines) is 1. The van der Waals surface area contributed by atoms with Gasteiger partial charge in [0.25, 0.3) is 5.91 Å². The molecule has 3 aromatic rings. The number of nitrogens with zero attached hydrogens (tertiary/aromatic N) is 4. The molecule has 0 bridgehead atoms. The summed E-state index contributed by atoms with van der Waals surface area (Å²) in [4.78, 5) is 30.2. The fourth-order valence-electron chi connectivity index (χ4n) is 3.64. The van der Waals surface area contributed by atoms with E-state index in [1.807, 2.05) is 12.3 Å². The molecular formula is C20H25N5O3S2. The minimum Gasteiger partial charge on any atom is -0.480 e. The van der Waals surface area contributed by atoms with Gasteiger partial charge in [-0.1, -0.05) is 6.42 Å². The van der Waals surface area contributed by atoms with Crippen LogP contribution in [0.25, 0.3) is 10.2 Å². The van der Waals surface area contributed by atoms with Gasteiger partial charge in [-0.05, 0) is 38.4 Å². The van der Waals surface area contributed by atoms with E-state index >= 15 is 0 Å². The van der Waals surface area contributed by atoms with Crippen LogP contribution in [-0.2, 0) is 17.9 Å². The highest BCUT2D eigenvalue weighted by Crippen LogP contribution is 2.35. The summed E-state index contributed by atoms with van der Waals surface area (Å²) in [6, 6.07) is 0. The summed E-state index contributed by atoms with van der Waals surface area (Å²) in [7, 11) is 3.15. The van der Waals surface area contributed by atoms with Crippen LogP contribution in [0, 0.1) is 6.92 Å². The van der Waals surface area contributed by atoms with Gasteiger partial charge in [0, 0.05) is 19.0 Å². The number of aryl methyl sites for hydroxylation is 1. The molecule has 0 radical (unpaired) electrons. The van der Waals surface area contributed by atoms with Gasteiger partial charge in [0.15, 0.2) is 11.0 Å². The van der Waals surface area contributed by atoms with E-state index in [4.69, 9.17) is 9.47 Å². The fraction of sp³-hybridized carbons (Fsp3) is 0.500. The monoisotopic (exact) mass is 447 g/mol. The molecule has 3 aromatic heterocycles. The molecule has 0 atom stereocenters. The number of hydrogen-bond acceptors (Lipinski definition) is 9. The number of rotatable bonds is 7. The second-order valence-electron chi connectivity index (χ2n) is 7.25. The Morgan fingerprint density at radius 1 is 1.20 bits per heavy atom.